The maximum Gasteiger partial charge on any atom is 0.219 e. The number of likely N-dealkylation sites (tertiary alicyclic amines) is 3. The van der Waals surface area contributed by atoms with Gasteiger partial charge in [0.2, 0.25) is 5.91 Å². The first-order chi connectivity index (χ1) is 12.4. The number of hydrogen-bond donors (Lipinski definition) is 0. The molecule has 0 unspecified atom stereocenters. The van der Waals surface area contributed by atoms with Gasteiger partial charge in [0, 0.05) is 58.3 Å². The molecule has 146 valence electrons. The number of piperidine rings is 1. The largest absolute Gasteiger partial charge is 0.343 e. The molecule has 0 aromatic rings. The summed E-state index contributed by atoms with van der Waals surface area (Å²) in [6.07, 6.45) is 8.30. The number of rotatable bonds is 3. The van der Waals surface area contributed by atoms with Crippen LogP contribution in [0.2, 0.25) is 0 Å². The monoisotopic (exact) mass is 359 g/mol. The Morgan fingerprint density at radius 1 is 0.846 bits per heavy atom. The summed E-state index contributed by atoms with van der Waals surface area (Å²) in [5, 5.41) is 0. The summed E-state index contributed by atoms with van der Waals surface area (Å²) in [5.74, 6) is 2.16. The minimum absolute atomic E-state index is 0.254. The van der Waals surface area contributed by atoms with Crippen LogP contribution in [0, 0.1) is 22.7 Å². The molecule has 0 radical (unpaired) electrons. The molecule has 0 atom stereocenters. The molecule has 2 spiro atoms. The molecule has 0 bridgehead atoms. The molecule has 3 aliphatic heterocycles. The molecule has 5 aliphatic rings. The lowest BCUT2D eigenvalue weighted by Gasteiger charge is -2.68. The van der Waals surface area contributed by atoms with E-state index >= 15 is 0 Å². The number of amides is 1. The zero-order chi connectivity index (χ0) is 18.1. The first-order valence-corrected chi connectivity index (χ1v) is 11.1. The molecule has 1 amide bonds. The van der Waals surface area contributed by atoms with Crippen LogP contribution < -0.4 is 0 Å². The average Bonchev–Trinajstić information content (AvgIpc) is 2.43. The van der Waals surface area contributed by atoms with Gasteiger partial charge in [0.1, 0.15) is 0 Å². The zero-order valence-corrected chi connectivity index (χ0v) is 17.0. The van der Waals surface area contributed by atoms with Crippen LogP contribution in [0.25, 0.3) is 0 Å². The van der Waals surface area contributed by atoms with Gasteiger partial charge in [-0.1, -0.05) is 13.8 Å². The summed E-state index contributed by atoms with van der Waals surface area (Å²) >= 11 is 0. The quantitative estimate of drug-likeness (QED) is 0.775. The fourth-order valence-electron chi connectivity index (χ4n) is 6.93. The van der Waals surface area contributed by atoms with Crippen molar-refractivity contribution in [2.24, 2.45) is 22.7 Å². The van der Waals surface area contributed by atoms with Crippen molar-refractivity contribution >= 4 is 5.91 Å². The highest BCUT2D eigenvalue weighted by Crippen LogP contribution is 2.58. The smallest absolute Gasteiger partial charge is 0.219 e. The summed E-state index contributed by atoms with van der Waals surface area (Å²) in [6.45, 7) is 13.9. The molecule has 4 nitrogen and oxygen atoms in total. The van der Waals surface area contributed by atoms with E-state index in [1.165, 1.54) is 64.7 Å². The minimum atomic E-state index is 0.254. The zero-order valence-electron chi connectivity index (χ0n) is 17.0. The topological polar surface area (TPSA) is 26.8 Å². The van der Waals surface area contributed by atoms with E-state index in [0.29, 0.717) is 5.41 Å². The van der Waals surface area contributed by atoms with E-state index in [1.807, 2.05) is 4.90 Å². The van der Waals surface area contributed by atoms with Gasteiger partial charge in [-0.2, -0.15) is 0 Å². The van der Waals surface area contributed by atoms with Gasteiger partial charge < -0.3 is 4.90 Å². The average molecular weight is 360 g/mol. The molecule has 3 saturated heterocycles. The van der Waals surface area contributed by atoms with E-state index < -0.39 is 0 Å². The van der Waals surface area contributed by atoms with Crippen LogP contribution in [0.5, 0.6) is 0 Å². The van der Waals surface area contributed by atoms with Crippen LogP contribution in [-0.4, -0.2) is 72.0 Å². The molecule has 0 N–H and O–H groups in total. The maximum atomic E-state index is 11.5. The molecule has 2 saturated carbocycles. The lowest BCUT2D eigenvalue weighted by atomic mass is 9.53. The first kappa shape index (κ1) is 17.5. The van der Waals surface area contributed by atoms with Gasteiger partial charge in [-0.15, -0.1) is 0 Å². The molecule has 5 fully saturated rings. The van der Waals surface area contributed by atoms with Crippen molar-refractivity contribution in [2.75, 3.05) is 39.3 Å². The van der Waals surface area contributed by atoms with Crippen molar-refractivity contribution in [1.82, 2.24) is 14.7 Å². The molecule has 2 aliphatic carbocycles. The summed E-state index contributed by atoms with van der Waals surface area (Å²) in [5.41, 5.74) is 1.42. The maximum absolute atomic E-state index is 11.5. The fourth-order valence-corrected chi connectivity index (χ4v) is 6.93. The second-order valence-corrected chi connectivity index (χ2v) is 11.0. The molecule has 26 heavy (non-hydrogen) atoms. The van der Waals surface area contributed by atoms with Gasteiger partial charge >= 0.3 is 0 Å². The molecule has 0 aromatic heterocycles. The fraction of sp³-hybridized carbons (Fsp3) is 0.955. The lowest BCUT2D eigenvalue weighted by Crippen LogP contribution is -2.73. The van der Waals surface area contributed by atoms with E-state index in [-0.39, 0.29) is 5.91 Å². The highest BCUT2D eigenvalue weighted by molar-refractivity contribution is 5.73. The Balaban J connectivity index is 1.02. The van der Waals surface area contributed by atoms with Crippen molar-refractivity contribution < 1.29 is 4.79 Å². The minimum Gasteiger partial charge on any atom is -0.343 e. The predicted octanol–water partition coefficient (Wildman–Crippen LogP) is 2.83. The van der Waals surface area contributed by atoms with Crippen molar-refractivity contribution in [3.63, 3.8) is 0 Å². The summed E-state index contributed by atoms with van der Waals surface area (Å²) in [7, 11) is 0. The van der Waals surface area contributed by atoms with Gasteiger partial charge in [-0.05, 0) is 61.2 Å². The number of hydrogen-bond acceptors (Lipinski definition) is 3. The number of carbonyl (C=O) groups excluding carboxylic acids is 1. The van der Waals surface area contributed by atoms with Crippen LogP contribution in [0.15, 0.2) is 0 Å². The van der Waals surface area contributed by atoms with Crippen molar-refractivity contribution in [3.8, 4) is 0 Å². The third-order valence-electron chi connectivity index (χ3n) is 8.77. The molecule has 0 aromatic carbocycles. The normalized spacial score (nSPS) is 32.4. The Morgan fingerprint density at radius 2 is 1.35 bits per heavy atom. The Hall–Kier alpha value is -0.610. The molecule has 4 heteroatoms. The van der Waals surface area contributed by atoms with E-state index in [0.717, 1.165) is 42.4 Å². The SMILES string of the molecule is CC(=O)N1CCC(N2CC3(CC(N4CC5(CC(C(C)C)C5)C4)C3)C2)CC1. The first-order valence-electron chi connectivity index (χ1n) is 11.1. The number of nitrogens with zero attached hydrogens (tertiary/aromatic N) is 3. The van der Waals surface area contributed by atoms with Crippen molar-refractivity contribution in [3.05, 3.63) is 0 Å². The van der Waals surface area contributed by atoms with Gasteiger partial charge in [0.15, 0.2) is 0 Å². The highest BCUT2D eigenvalue weighted by Gasteiger charge is 2.60. The third kappa shape index (κ3) is 2.74. The van der Waals surface area contributed by atoms with Gasteiger partial charge in [-0.25, -0.2) is 0 Å². The summed E-state index contributed by atoms with van der Waals surface area (Å²) in [4.78, 5) is 19.0. The van der Waals surface area contributed by atoms with Gasteiger partial charge in [-0.3, -0.25) is 14.6 Å². The van der Waals surface area contributed by atoms with Crippen LogP contribution >= 0.6 is 0 Å². The van der Waals surface area contributed by atoms with Crippen LogP contribution in [0.3, 0.4) is 0 Å². The molecule has 5 rings (SSSR count). The van der Waals surface area contributed by atoms with Gasteiger partial charge in [0.25, 0.3) is 0 Å². The van der Waals surface area contributed by atoms with E-state index in [4.69, 9.17) is 0 Å². The lowest BCUT2D eigenvalue weighted by molar-refractivity contribution is -0.186. The Bertz CT molecular complexity index is 552. The number of carbonyl (C=O) groups is 1. The Kier molecular flexibility index (Phi) is 4.00. The van der Waals surface area contributed by atoms with Crippen LogP contribution in [0.1, 0.15) is 59.3 Å². The van der Waals surface area contributed by atoms with Crippen molar-refractivity contribution in [1.29, 1.82) is 0 Å². The summed E-state index contributed by atoms with van der Waals surface area (Å²) in [6, 6.07) is 1.64. The third-order valence-corrected chi connectivity index (χ3v) is 8.77. The highest BCUT2D eigenvalue weighted by atomic mass is 16.2. The van der Waals surface area contributed by atoms with Crippen LogP contribution in [0.4, 0.5) is 0 Å². The standard InChI is InChI=1S/C22H37N3O/c1-16(2)18-8-21(9-18)12-25(13-21)20-10-22(11-20)14-24(15-22)19-4-6-23(7-5-19)17(3)26/h16,18-20H,4-15H2,1-3H3. The molecule has 3 heterocycles. The van der Waals surface area contributed by atoms with E-state index in [9.17, 15) is 4.79 Å². The van der Waals surface area contributed by atoms with Crippen molar-refractivity contribution in [2.45, 2.75) is 71.4 Å². The Morgan fingerprint density at radius 3 is 1.85 bits per heavy atom. The molecular weight excluding hydrogens is 322 g/mol. The van der Waals surface area contributed by atoms with E-state index in [2.05, 4.69) is 23.6 Å². The van der Waals surface area contributed by atoms with E-state index in [1.54, 1.807) is 6.92 Å². The molecular formula is C22H37N3O. The second kappa shape index (κ2) is 5.94. The predicted molar refractivity (Wildman–Crippen MR) is 104 cm³/mol. The second-order valence-electron chi connectivity index (χ2n) is 11.0. The summed E-state index contributed by atoms with van der Waals surface area (Å²) < 4.78 is 0. The van der Waals surface area contributed by atoms with Crippen LogP contribution in [-0.2, 0) is 4.79 Å². The Labute approximate surface area is 159 Å². The van der Waals surface area contributed by atoms with Gasteiger partial charge in [0.05, 0.1) is 0 Å².